The molecule has 1 aromatic rings. The molecule has 0 unspecified atom stereocenters. The molecular formula is C18H23N3O5S. The molecule has 8 nitrogen and oxygen atoms in total. The summed E-state index contributed by atoms with van der Waals surface area (Å²) in [7, 11) is -3.60. The smallest absolute Gasteiger partial charge is 0.338 e. The van der Waals surface area contributed by atoms with Gasteiger partial charge in [0.1, 0.15) is 0 Å². The highest BCUT2D eigenvalue weighted by Crippen LogP contribution is 2.25. The summed E-state index contributed by atoms with van der Waals surface area (Å²) in [5.41, 5.74) is 0.158. The van der Waals surface area contributed by atoms with Crippen molar-refractivity contribution < 1.29 is 22.7 Å². The molecule has 0 radical (unpaired) electrons. The minimum absolute atomic E-state index is 0.0482. The number of rotatable bonds is 7. The lowest BCUT2D eigenvalue weighted by Gasteiger charge is -2.32. The molecule has 0 saturated carbocycles. The number of sulfonamides is 1. The van der Waals surface area contributed by atoms with Crippen molar-refractivity contribution in [1.29, 1.82) is 5.26 Å². The van der Waals surface area contributed by atoms with Crippen LogP contribution < -0.4 is 5.32 Å². The molecule has 1 aliphatic heterocycles. The zero-order valence-corrected chi connectivity index (χ0v) is 16.0. The van der Waals surface area contributed by atoms with Crippen molar-refractivity contribution in [1.82, 2.24) is 9.62 Å². The van der Waals surface area contributed by atoms with E-state index in [1.807, 2.05) is 13.0 Å². The molecule has 1 fully saturated rings. The Morgan fingerprint density at radius 1 is 1.30 bits per heavy atom. The minimum Gasteiger partial charge on any atom is -0.452 e. The van der Waals surface area contributed by atoms with E-state index in [0.29, 0.717) is 6.54 Å². The lowest BCUT2D eigenvalue weighted by atomic mass is 10.1. The summed E-state index contributed by atoms with van der Waals surface area (Å²) in [6.07, 6.45) is 2.86. The van der Waals surface area contributed by atoms with E-state index < -0.39 is 28.5 Å². The van der Waals surface area contributed by atoms with Gasteiger partial charge in [-0.25, -0.2) is 13.2 Å². The highest BCUT2D eigenvalue weighted by Gasteiger charge is 2.30. The van der Waals surface area contributed by atoms with E-state index in [4.69, 9.17) is 10.00 Å². The zero-order chi connectivity index (χ0) is 19.9. The molecule has 1 heterocycles. The van der Waals surface area contributed by atoms with Gasteiger partial charge in [0.05, 0.1) is 22.9 Å². The molecule has 1 N–H and O–H groups in total. The summed E-state index contributed by atoms with van der Waals surface area (Å²) in [6, 6.07) is 7.33. The van der Waals surface area contributed by atoms with Crippen molar-refractivity contribution in [2.24, 2.45) is 0 Å². The van der Waals surface area contributed by atoms with E-state index in [1.54, 1.807) is 0 Å². The Labute approximate surface area is 159 Å². The average Bonchev–Trinajstić information content (AvgIpc) is 2.66. The van der Waals surface area contributed by atoms with Crippen LogP contribution in [0.4, 0.5) is 0 Å². The Bertz CT molecular complexity index is 814. The van der Waals surface area contributed by atoms with Crippen molar-refractivity contribution in [3.8, 4) is 6.07 Å². The summed E-state index contributed by atoms with van der Waals surface area (Å²) in [5, 5.41) is 10.8. The Morgan fingerprint density at radius 3 is 2.63 bits per heavy atom. The first kappa shape index (κ1) is 20.9. The van der Waals surface area contributed by atoms with Crippen LogP contribution in [0.25, 0.3) is 0 Å². The molecule has 27 heavy (non-hydrogen) atoms. The number of piperidine rings is 1. The number of hydrogen-bond donors (Lipinski definition) is 1. The van der Waals surface area contributed by atoms with Crippen molar-refractivity contribution in [3.63, 3.8) is 0 Å². The van der Waals surface area contributed by atoms with Gasteiger partial charge in [0, 0.05) is 19.1 Å². The number of carbonyl (C=O) groups is 2. The van der Waals surface area contributed by atoms with Crippen LogP contribution in [-0.2, 0) is 19.6 Å². The first-order valence-electron chi connectivity index (χ1n) is 8.79. The fourth-order valence-electron chi connectivity index (χ4n) is 2.85. The number of hydrogen-bond acceptors (Lipinski definition) is 6. The fraction of sp³-hybridized carbons (Fsp3) is 0.500. The monoisotopic (exact) mass is 393 g/mol. The number of esters is 1. The van der Waals surface area contributed by atoms with E-state index >= 15 is 0 Å². The highest BCUT2D eigenvalue weighted by atomic mass is 32.2. The molecule has 0 bridgehead atoms. The Balaban J connectivity index is 1.97. The van der Waals surface area contributed by atoms with Crippen LogP contribution in [0.3, 0.4) is 0 Å². The number of carbonyl (C=O) groups excluding carboxylic acids is 2. The first-order chi connectivity index (χ1) is 12.9. The maximum atomic E-state index is 12.8. The van der Waals surface area contributed by atoms with E-state index in [9.17, 15) is 18.0 Å². The van der Waals surface area contributed by atoms with Crippen molar-refractivity contribution in [2.45, 2.75) is 43.5 Å². The van der Waals surface area contributed by atoms with Gasteiger partial charge in [0.2, 0.25) is 10.0 Å². The fourth-order valence-corrected chi connectivity index (χ4v) is 4.55. The highest BCUT2D eigenvalue weighted by molar-refractivity contribution is 7.89. The van der Waals surface area contributed by atoms with E-state index in [1.165, 1.54) is 28.6 Å². The summed E-state index contributed by atoms with van der Waals surface area (Å²) < 4.78 is 31.9. The molecule has 9 heteroatoms. The van der Waals surface area contributed by atoms with Crippen molar-refractivity contribution >= 4 is 21.9 Å². The normalized spacial score (nSPS) is 17.7. The molecule has 0 aromatic heterocycles. The molecule has 1 aromatic carbocycles. The van der Waals surface area contributed by atoms with Gasteiger partial charge in [-0.15, -0.1) is 0 Å². The molecular weight excluding hydrogens is 370 g/mol. The number of amides is 1. The molecule has 0 spiro atoms. The van der Waals surface area contributed by atoms with E-state index in [0.717, 1.165) is 19.3 Å². The first-order valence-corrected chi connectivity index (χ1v) is 10.2. The van der Waals surface area contributed by atoms with Crippen LogP contribution in [0.1, 0.15) is 43.0 Å². The predicted octanol–water partition coefficient (Wildman–Crippen LogP) is 1.44. The molecule has 1 saturated heterocycles. The Morgan fingerprint density at radius 2 is 2.00 bits per heavy atom. The summed E-state index contributed by atoms with van der Waals surface area (Å²) >= 11 is 0. The SMILES string of the molecule is C[C@H]1CCCCN1S(=O)(=O)c1ccc(C(=O)OCC(=O)NCCC#N)cc1. The molecule has 0 aliphatic carbocycles. The average molecular weight is 393 g/mol. The topological polar surface area (TPSA) is 117 Å². The number of ether oxygens (including phenoxy) is 1. The molecule has 146 valence electrons. The number of nitrogens with zero attached hydrogens (tertiary/aromatic N) is 2. The van der Waals surface area contributed by atoms with Gasteiger partial charge in [-0.2, -0.15) is 9.57 Å². The minimum atomic E-state index is -3.60. The third-order valence-electron chi connectivity index (χ3n) is 4.33. The summed E-state index contributed by atoms with van der Waals surface area (Å²) in [5.74, 6) is -1.22. The number of benzene rings is 1. The van der Waals surface area contributed by atoms with Crippen LogP contribution in [0.15, 0.2) is 29.2 Å². The largest absolute Gasteiger partial charge is 0.452 e. The number of nitrogens with one attached hydrogen (secondary N) is 1. The lowest BCUT2D eigenvalue weighted by molar-refractivity contribution is -0.124. The van der Waals surface area contributed by atoms with Gasteiger partial charge in [0.15, 0.2) is 6.61 Å². The van der Waals surface area contributed by atoms with Gasteiger partial charge in [-0.3, -0.25) is 4.79 Å². The van der Waals surface area contributed by atoms with Crippen LogP contribution in [0, 0.1) is 11.3 Å². The van der Waals surface area contributed by atoms with Crippen LogP contribution in [0.5, 0.6) is 0 Å². The molecule has 1 amide bonds. The second kappa shape index (κ2) is 9.48. The zero-order valence-electron chi connectivity index (χ0n) is 15.2. The van der Waals surface area contributed by atoms with Gasteiger partial charge in [-0.1, -0.05) is 6.42 Å². The Hall–Kier alpha value is -2.44. The van der Waals surface area contributed by atoms with Gasteiger partial charge in [0.25, 0.3) is 5.91 Å². The van der Waals surface area contributed by atoms with Gasteiger partial charge >= 0.3 is 5.97 Å². The molecule has 1 atom stereocenters. The maximum Gasteiger partial charge on any atom is 0.338 e. The van der Waals surface area contributed by atoms with Crippen molar-refractivity contribution in [3.05, 3.63) is 29.8 Å². The summed E-state index contributed by atoms with van der Waals surface area (Å²) in [4.78, 5) is 23.6. The summed E-state index contributed by atoms with van der Waals surface area (Å²) in [6.45, 7) is 2.11. The predicted molar refractivity (Wildman–Crippen MR) is 97.2 cm³/mol. The van der Waals surface area contributed by atoms with Gasteiger partial charge in [-0.05, 0) is 44.0 Å². The van der Waals surface area contributed by atoms with Crippen LogP contribution in [0.2, 0.25) is 0 Å². The lowest BCUT2D eigenvalue weighted by Crippen LogP contribution is -2.41. The maximum absolute atomic E-state index is 12.8. The Kier molecular flexibility index (Phi) is 7.33. The third-order valence-corrected chi connectivity index (χ3v) is 6.36. The quantitative estimate of drug-likeness (QED) is 0.553. The molecule has 2 rings (SSSR count). The van der Waals surface area contributed by atoms with Gasteiger partial charge < -0.3 is 10.1 Å². The molecule has 1 aliphatic rings. The standard InChI is InChI=1S/C18H23N3O5S/c1-14-5-2-3-12-21(14)27(24,25)16-8-6-15(7-9-16)18(23)26-13-17(22)20-11-4-10-19/h6-9,14H,2-5,11-13H2,1H3,(H,20,22)/t14-/m0/s1. The second-order valence-corrected chi connectivity index (χ2v) is 8.21. The van der Waals surface area contributed by atoms with E-state index in [-0.39, 0.29) is 29.5 Å². The number of nitriles is 1. The van der Waals surface area contributed by atoms with Crippen LogP contribution >= 0.6 is 0 Å². The van der Waals surface area contributed by atoms with Crippen molar-refractivity contribution in [2.75, 3.05) is 19.7 Å². The van der Waals surface area contributed by atoms with Crippen LogP contribution in [-0.4, -0.2) is 50.3 Å². The van der Waals surface area contributed by atoms with E-state index in [2.05, 4.69) is 5.32 Å². The second-order valence-electron chi connectivity index (χ2n) is 6.32. The third kappa shape index (κ3) is 5.52.